The summed E-state index contributed by atoms with van der Waals surface area (Å²) in [5.41, 5.74) is 1.28. The molecule has 0 amide bonds. The van der Waals surface area contributed by atoms with Gasteiger partial charge in [0.1, 0.15) is 13.6 Å². The van der Waals surface area contributed by atoms with Crippen molar-refractivity contribution in [2.75, 3.05) is 6.61 Å². The second-order valence-corrected chi connectivity index (χ2v) is 3.72. The maximum Gasteiger partial charge on any atom is 0.139 e. The number of hydrogen-bond donors (Lipinski definition) is 0. The smallest absolute Gasteiger partial charge is 0.139 e. The second-order valence-electron chi connectivity index (χ2n) is 3.72. The molecule has 76 valence electrons. The summed E-state index contributed by atoms with van der Waals surface area (Å²) in [4.78, 5) is 0. The van der Waals surface area contributed by atoms with E-state index >= 15 is 0 Å². The van der Waals surface area contributed by atoms with Crippen molar-refractivity contribution in [1.29, 1.82) is 0 Å². The van der Waals surface area contributed by atoms with Crippen molar-refractivity contribution < 1.29 is 4.74 Å². The minimum Gasteiger partial charge on any atom is -0.494 e. The highest BCUT2D eigenvalue weighted by atomic mass is 16.5. The molecular weight excluding hydrogens is 171 g/mol. The van der Waals surface area contributed by atoms with Crippen LogP contribution in [0.2, 0.25) is 0 Å². The van der Waals surface area contributed by atoms with Crippen molar-refractivity contribution in [3.05, 3.63) is 24.3 Å². The van der Waals surface area contributed by atoms with Crippen LogP contribution < -0.4 is 10.2 Å². The largest absolute Gasteiger partial charge is 0.494 e. The van der Waals surface area contributed by atoms with E-state index in [1.165, 1.54) is 31.1 Å². The van der Waals surface area contributed by atoms with Gasteiger partial charge in [-0.25, -0.2) is 0 Å². The molecule has 14 heavy (non-hydrogen) atoms. The van der Waals surface area contributed by atoms with Gasteiger partial charge in [0, 0.05) is 0 Å². The van der Waals surface area contributed by atoms with E-state index in [0.29, 0.717) is 0 Å². The van der Waals surface area contributed by atoms with Crippen LogP contribution in [0.1, 0.15) is 32.6 Å². The quantitative estimate of drug-likeness (QED) is 0.491. The standard InChI is InChI=1S/C12H19BO/c1-2-3-4-5-10-14-12-8-6-11(13)7-9-12/h6-9H,2-5,10,13H2,1H3. The molecule has 0 atom stereocenters. The summed E-state index contributed by atoms with van der Waals surface area (Å²) in [5.74, 6) is 0.993. The maximum absolute atomic E-state index is 5.61. The molecule has 0 saturated carbocycles. The molecule has 0 unspecified atom stereocenters. The lowest BCUT2D eigenvalue weighted by atomic mass is 9.97. The lowest BCUT2D eigenvalue weighted by Gasteiger charge is -2.05. The van der Waals surface area contributed by atoms with Crippen LogP contribution in [0.5, 0.6) is 5.75 Å². The van der Waals surface area contributed by atoms with Crippen molar-refractivity contribution in [2.45, 2.75) is 32.6 Å². The number of unbranched alkanes of at least 4 members (excludes halogenated alkanes) is 3. The molecule has 0 aliphatic heterocycles. The van der Waals surface area contributed by atoms with E-state index in [4.69, 9.17) is 4.74 Å². The molecule has 1 aromatic rings. The van der Waals surface area contributed by atoms with Gasteiger partial charge in [0.25, 0.3) is 0 Å². The monoisotopic (exact) mass is 190 g/mol. The average molecular weight is 190 g/mol. The second kappa shape index (κ2) is 6.53. The Kier molecular flexibility index (Phi) is 5.20. The van der Waals surface area contributed by atoms with Crippen molar-refractivity contribution in [1.82, 2.24) is 0 Å². The predicted octanol–water partition coefficient (Wildman–Crippen LogP) is 1.90. The number of hydrogen-bond acceptors (Lipinski definition) is 1. The first-order chi connectivity index (χ1) is 6.83. The number of ether oxygens (including phenoxy) is 1. The SMILES string of the molecule is Bc1ccc(OCCCCCC)cc1. The topological polar surface area (TPSA) is 9.23 Å². The Morgan fingerprint density at radius 3 is 2.43 bits per heavy atom. The van der Waals surface area contributed by atoms with E-state index in [1.807, 2.05) is 12.1 Å². The van der Waals surface area contributed by atoms with E-state index in [0.717, 1.165) is 12.4 Å². The van der Waals surface area contributed by atoms with E-state index < -0.39 is 0 Å². The van der Waals surface area contributed by atoms with Gasteiger partial charge in [-0.15, -0.1) is 0 Å². The van der Waals surface area contributed by atoms with Crippen LogP contribution in [0.4, 0.5) is 0 Å². The van der Waals surface area contributed by atoms with E-state index in [-0.39, 0.29) is 0 Å². The highest BCUT2D eigenvalue weighted by Gasteiger charge is 1.92. The van der Waals surface area contributed by atoms with Crippen LogP contribution in [-0.4, -0.2) is 14.5 Å². The zero-order valence-electron chi connectivity index (χ0n) is 9.25. The fourth-order valence-electron chi connectivity index (χ4n) is 1.35. The summed E-state index contributed by atoms with van der Waals surface area (Å²) in [7, 11) is 2.09. The average Bonchev–Trinajstić information content (AvgIpc) is 2.21. The molecule has 0 bridgehead atoms. The minimum absolute atomic E-state index is 0.850. The summed E-state index contributed by atoms with van der Waals surface area (Å²) < 4.78 is 5.61. The molecular formula is C12H19BO. The Labute approximate surface area is 87.9 Å². The van der Waals surface area contributed by atoms with Gasteiger partial charge in [-0.3, -0.25) is 0 Å². The van der Waals surface area contributed by atoms with Gasteiger partial charge in [-0.2, -0.15) is 0 Å². The first-order valence-electron chi connectivity index (χ1n) is 5.52. The summed E-state index contributed by atoms with van der Waals surface area (Å²) in [6, 6.07) is 8.24. The molecule has 2 heteroatoms. The molecule has 0 aliphatic rings. The van der Waals surface area contributed by atoms with Gasteiger partial charge in [0.05, 0.1) is 6.61 Å². The third kappa shape index (κ3) is 4.36. The molecule has 0 N–H and O–H groups in total. The van der Waals surface area contributed by atoms with Gasteiger partial charge in [0.15, 0.2) is 0 Å². The predicted molar refractivity (Wildman–Crippen MR) is 64.3 cm³/mol. The molecule has 0 heterocycles. The maximum atomic E-state index is 5.61. The Morgan fingerprint density at radius 2 is 1.79 bits per heavy atom. The number of benzene rings is 1. The number of rotatable bonds is 6. The molecule has 0 aromatic heterocycles. The van der Waals surface area contributed by atoms with Crippen molar-refractivity contribution in [2.24, 2.45) is 0 Å². The molecule has 1 aromatic carbocycles. The fourth-order valence-corrected chi connectivity index (χ4v) is 1.35. The summed E-state index contributed by atoms with van der Waals surface area (Å²) >= 11 is 0. The zero-order chi connectivity index (χ0) is 10.2. The molecule has 1 rings (SSSR count). The van der Waals surface area contributed by atoms with Crippen LogP contribution in [-0.2, 0) is 0 Å². The van der Waals surface area contributed by atoms with Crippen molar-refractivity contribution in [3.63, 3.8) is 0 Å². The highest BCUT2D eigenvalue weighted by molar-refractivity contribution is 6.32. The lowest BCUT2D eigenvalue weighted by molar-refractivity contribution is 0.305. The molecule has 0 saturated heterocycles. The first kappa shape index (κ1) is 11.2. The normalized spacial score (nSPS) is 10.1. The summed E-state index contributed by atoms with van der Waals surface area (Å²) in [6.07, 6.45) is 5.05. The molecule has 0 fully saturated rings. The van der Waals surface area contributed by atoms with Crippen LogP contribution in [0.25, 0.3) is 0 Å². The minimum atomic E-state index is 0.850. The molecule has 1 nitrogen and oxygen atoms in total. The van der Waals surface area contributed by atoms with Gasteiger partial charge in [0.2, 0.25) is 0 Å². The van der Waals surface area contributed by atoms with Crippen molar-refractivity contribution >= 4 is 13.3 Å². The Bertz CT molecular complexity index is 243. The van der Waals surface area contributed by atoms with Gasteiger partial charge >= 0.3 is 0 Å². The van der Waals surface area contributed by atoms with Crippen molar-refractivity contribution in [3.8, 4) is 5.75 Å². The van der Waals surface area contributed by atoms with Crippen LogP contribution in [0, 0.1) is 0 Å². The van der Waals surface area contributed by atoms with Gasteiger partial charge < -0.3 is 4.74 Å². The van der Waals surface area contributed by atoms with Crippen LogP contribution in [0.15, 0.2) is 24.3 Å². The third-order valence-electron chi connectivity index (χ3n) is 2.29. The van der Waals surface area contributed by atoms with Crippen LogP contribution >= 0.6 is 0 Å². The van der Waals surface area contributed by atoms with E-state index in [2.05, 4.69) is 26.9 Å². The third-order valence-corrected chi connectivity index (χ3v) is 2.29. The summed E-state index contributed by atoms with van der Waals surface area (Å²) in [6.45, 7) is 3.07. The Morgan fingerprint density at radius 1 is 1.07 bits per heavy atom. The van der Waals surface area contributed by atoms with E-state index in [9.17, 15) is 0 Å². The highest BCUT2D eigenvalue weighted by Crippen LogP contribution is 2.08. The molecule has 0 radical (unpaired) electrons. The van der Waals surface area contributed by atoms with Gasteiger partial charge in [-0.05, 0) is 18.6 Å². The fraction of sp³-hybridized carbons (Fsp3) is 0.500. The zero-order valence-corrected chi connectivity index (χ0v) is 9.25. The first-order valence-corrected chi connectivity index (χ1v) is 5.52. The lowest BCUT2D eigenvalue weighted by Crippen LogP contribution is -2.02. The van der Waals surface area contributed by atoms with Crippen LogP contribution in [0.3, 0.4) is 0 Å². The van der Waals surface area contributed by atoms with E-state index in [1.54, 1.807) is 0 Å². The molecule has 0 aliphatic carbocycles. The summed E-state index contributed by atoms with van der Waals surface area (Å²) in [5, 5.41) is 0. The molecule has 0 spiro atoms. The Hall–Kier alpha value is -0.915. The van der Waals surface area contributed by atoms with Gasteiger partial charge in [-0.1, -0.05) is 43.8 Å². The Balaban J connectivity index is 2.15.